The minimum absolute atomic E-state index is 0.107. The largest absolute Gasteiger partial charge is 0.295 e. The van der Waals surface area contributed by atoms with Crippen LogP contribution in [0, 0.1) is 13.8 Å². The number of carbonyl (C=O) groups is 1. The predicted molar refractivity (Wildman–Crippen MR) is 164 cm³/mol. The molecule has 0 fully saturated rings. The number of nitrogens with zero attached hydrogens (tertiary/aromatic N) is 5. The topological polar surface area (TPSA) is 51.5 Å². The van der Waals surface area contributed by atoms with Gasteiger partial charge in [0.05, 0.1) is 17.4 Å². The van der Waals surface area contributed by atoms with Crippen LogP contribution < -0.4 is 5.01 Å². The molecule has 202 valence electrons. The molecule has 40 heavy (non-hydrogen) atoms. The van der Waals surface area contributed by atoms with Gasteiger partial charge >= 0.3 is 0 Å². The van der Waals surface area contributed by atoms with Crippen LogP contribution in [0.15, 0.2) is 99.7 Å². The molecule has 1 atom stereocenters. The lowest BCUT2D eigenvalue weighted by atomic mass is 9.87. The normalized spacial score (nSPS) is 19.9. The van der Waals surface area contributed by atoms with Crippen LogP contribution in [0.2, 0.25) is 5.02 Å². The quantitative estimate of drug-likeness (QED) is 0.352. The molecule has 0 aliphatic carbocycles. The summed E-state index contributed by atoms with van der Waals surface area (Å²) >= 11 is 6.21. The van der Waals surface area contributed by atoms with E-state index in [1.54, 1.807) is 11.9 Å². The van der Waals surface area contributed by atoms with E-state index < -0.39 is 0 Å². The van der Waals surface area contributed by atoms with Gasteiger partial charge in [-0.1, -0.05) is 78.2 Å². The fourth-order valence-corrected chi connectivity index (χ4v) is 5.65. The average Bonchev–Trinajstić information content (AvgIpc) is 3.33. The summed E-state index contributed by atoms with van der Waals surface area (Å²) in [5.74, 6) is 0.893. The summed E-state index contributed by atoms with van der Waals surface area (Å²) in [4.78, 5) is 22.8. The highest BCUT2D eigenvalue weighted by atomic mass is 35.5. The van der Waals surface area contributed by atoms with Gasteiger partial charge in [-0.25, -0.2) is 4.99 Å². The number of aryl methyl sites for hydroxylation is 2. The Balaban J connectivity index is 1.58. The highest BCUT2D eigenvalue weighted by molar-refractivity contribution is 6.43. The van der Waals surface area contributed by atoms with E-state index >= 15 is 0 Å². The zero-order valence-electron chi connectivity index (χ0n) is 23.2. The number of aliphatic imine (C=N–C) groups is 1. The first kappa shape index (κ1) is 26.2. The number of carbonyl (C=O) groups excluding carboxylic acids is 1. The van der Waals surface area contributed by atoms with Crippen LogP contribution in [0.1, 0.15) is 42.1 Å². The number of hydrogen-bond donors (Lipinski definition) is 0. The second-order valence-corrected chi connectivity index (χ2v) is 11.1. The molecule has 3 aliphatic heterocycles. The van der Waals surface area contributed by atoms with Crippen molar-refractivity contribution in [3.8, 4) is 0 Å². The number of benzene rings is 3. The number of hydrogen-bond acceptors (Lipinski definition) is 6. The average molecular weight is 550 g/mol. The Morgan fingerprint density at radius 3 is 2.23 bits per heavy atom. The summed E-state index contributed by atoms with van der Waals surface area (Å²) in [5.41, 5.74) is 8.76. The molecule has 0 saturated carbocycles. The standard InChI is InChI=1S/C33H32ClN5O/c1-5-37-19-26(18-24-10-6-21(2)7-11-24)30-29(20-37)31(25-12-8-22(3)9-13-25)38-32(23(4)40)36-39(33(38)35-30)28-16-14-27(34)15-17-28/h6-18,31H,5,19-20H2,1-4H3/b26-18+. The number of Topliss-reactive ketones (excluding diaryl/α,β-unsaturated/α-hetero) is 1. The van der Waals surface area contributed by atoms with Crippen LogP contribution in [-0.2, 0) is 4.79 Å². The van der Waals surface area contributed by atoms with Gasteiger partial charge in [0.25, 0.3) is 0 Å². The Kier molecular flexibility index (Phi) is 6.90. The lowest BCUT2D eigenvalue weighted by Gasteiger charge is -2.42. The summed E-state index contributed by atoms with van der Waals surface area (Å²) in [6.07, 6.45) is 2.25. The first-order valence-electron chi connectivity index (χ1n) is 13.6. The number of hydrazone groups is 1. The smallest absolute Gasteiger partial charge is 0.234 e. The van der Waals surface area contributed by atoms with E-state index in [4.69, 9.17) is 21.7 Å². The molecule has 0 amide bonds. The number of fused-ring (bicyclic) bond motifs is 1. The minimum Gasteiger partial charge on any atom is -0.295 e. The SMILES string of the molecule is CCN1CC2=C(N=C3N(c4ccc(Cl)cc4)N=C(C(C)=O)N3C2c2ccc(C)cc2)/C(=C/c2ccc(C)cc2)C1. The summed E-state index contributed by atoms with van der Waals surface area (Å²) in [7, 11) is 0. The van der Waals surface area contributed by atoms with Crippen LogP contribution in [0.4, 0.5) is 5.69 Å². The van der Waals surface area contributed by atoms with Gasteiger partial charge in [0.2, 0.25) is 5.96 Å². The third-order valence-corrected chi connectivity index (χ3v) is 7.92. The van der Waals surface area contributed by atoms with E-state index in [2.05, 4.69) is 80.3 Å². The van der Waals surface area contributed by atoms with Gasteiger partial charge in [0, 0.05) is 25.0 Å². The first-order chi connectivity index (χ1) is 19.3. The molecule has 3 aliphatic rings. The second kappa shape index (κ2) is 10.5. The van der Waals surface area contributed by atoms with Crippen molar-refractivity contribution < 1.29 is 4.79 Å². The fourth-order valence-electron chi connectivity index (χ4n) is 5.53. The number of rotatable bonds is 5. The number of halogens is 1. The van der Waals surface area contributed by atoms with E-state index in [1.807, 2.05) is 29.2 Å². The van der Waals surface area contributed by atoms with Gasteiger partial charge in [-0.3, -0.25) is 14.6 Å². The molecule has 0 aromatic heterocycles. The zero-order chi connectivity index (χ0) is 28.0. The number of likely N-dealkylation sites (N-methyl/N-ethyl adjacent to an activating group) is 1. The lowest BCUT2D eigenvalue weighted by Crippen LogP contribution is -2.48. The first-order valence-corrected chi connectivity index (χ1v) is 14.0. The maximum absolute atomic E-state index is 13.1. The summed E-state index contributed by atoms with van der Waals surface area (Å²) in [6.45, 7) is 10.4. The molecule has 0 bridgehead atoms. The molecule has 6 nitrogen and oxygen atoms in total. The van der Waals surface area contributed by atoms with Crippen LogP contribution in [0.3, 0.4) is 0 Å². The van der Waals surface area contributed by atoms with Crippen LogP contribution in [0.25, 0.3) is 6.08 Å². The molecular formula is C33H32ClN5O. The Morgan fingerprint density at radius 1 is 0.950 bits per heavy atom. The molecule has 0 saturated heterocycles. The molecule has 1 unspecified atom stereocenters. The summed E-state index contributed by atoms with van der Waals surface area (Å²) in [5, 5.41) is 7.24. The number of amidine groups is 1. The predicted octanol–water partition coefficient (Wildman–Crippen LogP) is 6.77. The molecule has 6 rings (SSSR count). The van der Waals surface area contributed by atoms with Gasteiger partial charge in [-0.2, -0.15) is 5.01 Å². The monoisotopic (exact) mass is 549 g/mol. The van der Waals surface area contributed by atoms with Gasteiger partial charge < -0.3 is 0 Å². The van der Waals surface area contributed by atoms with Gasteiger partial charge in [-0.15, -0.1) is 5.10 Å². The second-order valence-electron chi connectivity index (χ2n) is 10.6. The molecule has 7 heteroatoms. The van der Waals surface area contributed by atoms with Crippen molar-refractivity contribution in [2.75, 3.05) is 24.6 Å². The van der Waals surface area contributed by atoms with E-state index in [9.17, 15) is 4.79 Å². The van der Waals surface area contributed by atoms with Crippen molar-refractivity contribution in [1.82, 2.24) is 9.80 Å². The van der Waals surface area contributed by atoms with Crippen LogP contribution in [-0.4, -0.2) is 47.0 Å². The van der Waals surface area contributed by atoms with E-state index in [-0.39, 0.29) is 11.8 Å². The van der Waals surface area contributed by atoms with Crippen molar-refractivity contribution in [1.29, 1.82) is 0 Å². The molecule has 3 aromatic rings. The summed E-state index contributed by atoms with van der Waals surface area (Å²) in [6, 6.07) is 24.4. The molecule has 0 spiro atoms. The Morgan fingerprint density at radius 2 is 1.60 bits per heavy atom. The van der Waals surface area contributed by atoms with Gasteiger partial charge in [0.15, 0.2) is 11.6 Å². The number of anilines is 1. The Labute approximate surface area is 240 Å². The third-order valence-electron chi connectivity index (χ3n) is 7.67. The van der Waals surface area contributed by atoms with E-state index in [0.29, 0.717) is 16.8 Å². The third kappa shape index (κ3) is 4.78. The Bertz CT molecular complexity index is 1580. The lowest BCUT2D eigenvalue weighted by molar-refractivity contribution is -0.111. The van der Waals surface area contributed by atoms with E-state index in [1.165, 1.54) is 16.7 Å². The van der Waals surface area contributed by atoms with Crippen molar-refractivity contribution >= 4 is 40.9 Å². The maximum atomic E-state index is 13.1. The van der Waals surface area contributed by atoms with Crippen LogP contribution in [0.5, 0.6) is 0 Å². The maximum Gasteiger partial charge on any atom is 0.234 e. The molecule has 3 aromatic carbocycles. The molecule has 3 heterocycles. The fraction of sp³-hybridized carbons (Fsp3) is 0.242. The van der Waals surface area contributed by atoms with Crippen molar-refractivity contribution in [3.05, 3.63) is 117 Å². The van der Waals surface area contributed by atoms with Crippen molar-refractivity contribution in [2.45, 2.75) is 33.7 Å². The number of guanidine groups is 1. The highest BCUT2D eigenvalue weighted by Crippen LogP contribution is 2.44. The zero-order valence-corrected chi connectivity index (χ0v) is 24.0. The molecular weight excluding hydrogens is 518 g/mol. The van der Waals surface area contributed by atoms with E-state index in [0.717, 1.165) is 47.7 Å². The van der Waals surface area contributed by atoms with Gasteiger partial charge in [-0.05, 0) is 73.0 Å². The number of ketones is 1. The van der Waals surface area contributed by atoms with Crippen molar-refractivity contribution in [2.24, 2.45) is 10.1 Å². The van der Waals surface area contributed by atoms with Gasteiger partial charge in [0.1, 0.15) is 0 Å². The molecule has 0 N–H and O–H groups in total. The molecule has 0 radical (unpaired) electrons. The van der Waals surface area contributed by atoms with Crippen molar-refractivity contribution in [3.63, 3.8) is 0 Å². The van der Waals surface area contributed by atoms with Crippen LogP contribution >= 0.6 is 11.6 Å². The summed E-state index contributed by atoms with van der Waals surface area (Å²) < 4.78 is 0. The Hall–Kier alpha value is -4.00. The minimum atomic E-state index is -0.223. The highest BCUT2D eigenvalue weighted by Gasteiger charge is 2.46.